The van der Waals surface area contributed by atoms with E-state index in [1.54, 1.807) is 19.1 Å². The van der Waals surface area contributed by atoms with Crippen molar-refractivity contribution >= 4 is 16.7 Å². The van der Waals surface area contributed by atoms with Gasteiger partial charge in [0.2, 0.25) is 0 Å². The van der Waals surface area contributed by atoms with E-state index in [0.717, 1.165) is 5.69 Å². The lowest BCUT2D eigenvalue weighted by Crippen LogP contribution is -2.12. The number of H-pyrrole nitrogens is 1. The number of nitrogen functional groups attached to an aromatic ring is 1. The van der Waals surface area contributed by atoms with Gasteiger partial charge in [0, 0.05) is 5.69 Å². The molecule has 0 saturated carbocycles. The number of aromatic nitrogens is 2. The number of nitrogens with two attached hydrogens (primary N) is 1. The van der Waals surface area contributed by atoms with Gasteiger partial charge < -0.3 is 15.8 Å². The molecule has 2 heterocycles. The van der Waals surface area contributed by atoms with Crippen LogP contribution in [0.25, 0.3) is 11.0 Å². The molecule has 0 saturated heterocycles. The molecular formula is C9H9N3O2. The van der Waals surface area contributed by atoms with Crippen LogP contribution in [-0.4, -0.2) is 15.1 Å². The van der Waals surface area contributed by atoms with Gasteiger partial charge in [-0.1, -0.05) is 0 Å². The second kappa shape index (κ2) is 2.73. The molecule has 0 unspecified atom stereocenters. The minimum absolute atomic E-state index is 0.199. The first-order valence-electron chi connectivity index (χ1n) is 4.07. The summed E-state index contributed by atoms with van der Waals surface area (Å²) in [5, 5.41) is 9.56. The Balaban J connectivity index is 2.99. The lowest BCUT2D eigenvalue weighted by molar-refractivity contribution is 0.482. The SMILES string of the molecule is Cc1ccc2[nH]c(=O)c(N)c(O)c2n1. The molecule has 5 heteroatoms. The molecule has 72 valence electrons. The molecule has 5 nitrogen and oxygen atoms in total. The maximum Gasteiger partial charge on any atom is 0.275 e. The van der Waals surface area contributed by atoms with Crippen LogP contribution < -0.4 is 11.3 Å². The van der Waals surface area contributed by atoms with Crippen molar-refractivity contribution in [1.29, 1.82) is 0 Å². The van der Waals surface area contributed by atoms with E-state index in [4.69, 9.17) is 5.73 Å². The van der Waals surface area contributed by atoms with Crippen molar-refractivity contribution in [3.05, 3.63) is 28.2 Å². The van der Waals surface area contributed by atoms with Gasteiger partial charge in [-0.3, -0.25) is 4.79 Å². The first kappa shape index (κ1) is 8.55. The molecule has 0 bridgehead atoms. The van der Waals surface area contributed by atoms with Crippen molar-refractivity contribution in [1.82, 2.24) is 9.97 Å². The van der Waals surface area contributed by atoms with E-state index in [1.165, 1.54) is 0 Å². The van der Waals surface area contributed by atoms with Crippen molar-refractivity contribution in [3.8, 4) is 5.75 Å². The van der Waals surface area contributed by atoms with Gasteiger partial charge in [0.25, 0.3) is 5.56 Å². The number of nitrogens with one attached hydrogen (secondary N) is 1. The fourth-order valence-corrected chi connectivity index (χ4v) is 1.26. The van der Waals surface area contributed by atoms with E-state index in [9.17, 15) is 9.90 Å². The normalized spacial score (nSPS) is 10.6. The molecule has 0 atom stereocenters. The molecule has 0 amide bonds. The third-order valence-electron chi connectivity index (χ3n) is 2.01. The van der Waals surface area contributed by atoms with Gasteiger partial charge >= 0.3 is 0 Å². The average molecular weight is 191 g/mol. The minimum Gasteiger partial charge on any atom is -0.504 e. The molecule has 14 heavy (non-hydrogen) atoms. The summed E-state index contributed by atoms with van der Waals surface area (Å²) >= 11 is 0. The number of fused-ring (bicyclic) bond motifs is 1. The highest BCUT2D eigenvalue weighted by Gasteiger charge is 2.09. The lowest BCUT2D eigenvalue weighted by Gasteiger charge is -2.03. The number of aromatic amines is 1. The quantitative estimate of drug-likeness (QED) is 0.566. The number of hydrogen-bond acceptors (Lipinski definition) is 4. The minimum atomic E-state index is -0.499. The van der Waals surface area contributed by atoms with Gasteiger partial charge in [-0.25, -0.2) is 4.98 Å². The van der Waals surface area contributed by atoms with Crippen LogP contribution in [0.1, 0.15) is 5.69 Å². The van der Waals surface area contributed by atoms with Crippen LogP contribution in [0.2, 0.25) is 0 Å². The summed E-state index contributed by atoms with van der Waals surface area (Å²) in [5.74, 6) is -0.257. The number of aryl methyl sites for hydroxylation is 1. The monoisotopic (exact) mass is 191 g/mol. The highest BCUT2D eigenvalue weighted by molar-refractivity contribution is 5.85. The fraction of sp³-hybridized carbons (Fsp3) is 0.111. The summed E-state index contributed by atoms with van der Waals surface area (Å²) in [6, 6.07) is 3.42. The van der Waals surface area contributed by atoms with Crippen molar-refractivity contribution in [3.63, 3.8) is 0 Å². The maximum atomic E-state index is 11.2. The number of rotatable bonds is 0. The van der Waals surface area contributed by atoms with E-state index in [0.29, 0.717) is 11.0 Å². The summed E-state index contributed by atoms with van der Waals surface area (Å²) < 4.78 is 0. The Labute approximate surface area is 79.2 Å². The molecular weight excluding hydrogens is 182 g/mol. The third kappa shape index (κ3) is 1.10. The highest BCUT2D eigenvalue weighted by atomic mass is 16.3. The summed E-state index contributed by atoms with van der Waals surface area (Å²) in [5.41, 5.74) is 6.22. The molecule has 0 fully saturated rings. The summed E-state index contributed by atoms with van der Waals surface area (Å²) in [7, 11) is 0. The number of aromatic hydroxyl groups is 1. The Kier molecular flexibility index (Phi) is 1.67. The second-order valence-electron chi connectivity index (χ2n) is 3.07. The first-order chi connectivity index (χ1) is 6.59. The zero-order valence-electron chi connectivity index (χ0n) is 7.53. The molecule has 2 aromatic heterocycles. The van der Waals surface area contributed by atoms with Gasteiger partial charge in [0.15, 0.2) is 5.75 Å². The Hall–Kier alpha value is -2.04. The molecule has 4 N–H and O–H groups in total. The standard InChI is InChI=1S/C9H9N3O2/c1-4-2-3-5-7(11-4)8(13)6(10)9(14)12-5/h2-3H,10H2,1H3,(H2,12,13,14). The molecule has 2 rings (SSSR count). The van der Waals surface area contributed by atoms with Gasteiger partial charge in [0.1, 0.15) is 11.2 Å². The van der Waals surface area contributed by atoms with Crippen LogP contribution in [0.15, 0.2) is 16.9 Å². The largest absolute Gasteiger partial charge is 0.504 e. The third-order valence-corrected chi connectivity index (χ3v) is 2.01. The number of pyridine rings is 2. The first-order valence-corrected chi connectivity index (χ1v) is 4.07. The predicted molar refractivity (Wildman–Crippen MR) is 53.2 cm³/mol. The molecule has 0 aromatic carbocycles. The van der Waals surface area contributed by atoms with Crippen LogP contribution in [0.5, 0.6) is 5.75 Å². The topological polar surface area (TPSA) is 92.0 Å². The van der Waals surface area contributed by atoms with E-state index in [2.05, 4.69) is 9.97 Å². The number of hydrogen-bond donors (Lipinski definition) is 3. The molecule has 2 aromatic rings. The van der Waals surface area contributed by atoms with Crippen LogP contribution in [0.3, 0.4) is 0 Å². The summed E-state index contributed by atoms with van der Waals surface area (Å²) in [6.07, 6.45) is 0. The van der Waals surface area contributed by atoms with Crippen molar-refractivity contribution < 1.29 is 5.11 Å². The zero-order chi connectivity index (χ0) is 10.3. The zero-order valence-corrected chi connectivity index (χ0v) is 7.53. The van der Waals surface area contributed by atoms with Crippen LogP contribution >= 0.6 is 0 Å². The van der Waals surface area contributed by atoms with E-state index in [1.807, 2.05) is 0 Å². The average Bonchev–Trinajstić information content (AvgIpc) is 2.16. The maximum absolute atomic E-state index is 11.2. The molecule has 0 aliphatic heterocycles. The van der Waals surface area contributed by atoms with E-state index < -0.39 is 5.56 Å². The van der Waals surface area contributed by atoms with Crippen molar-refractivity contribution in [2.75, 3.05) is 5.73 Å². The Morgan fingerprint density at radius 1 is 1.50 bits per heavy atom. The highest BCUT2D eigenvalue weighted by Crippen LogP contribution is 2.24. The summed E-state index contributed by atoms with van der Waals surface area (Å²) in [6.45, 7) is 1.79. The molecule has 0 aliphatic carbocycles. The molecule has 0 spiro atoms. The molecule has 0 aliphatic rings. The Morgan fingerprint density at radius 3 is 2.93 bits per heavy atom. The molecule has 0 radical (unpaired) electrons. The summed E-state index contributed by atoms with van der Waals surface area (Å²) in [4.78, 5) is 17.8. The van der Waals surface area contributed by atoms with E-state index in [-0.39, 0.29) is 11.4 Å². The lowest BCUT2D eigenvalue weighted by atomic mass is 10.2. The fourth-order valence-electron chi connectivity index (χ4n) is 1.26. The number of nitrogens with zero attached hydrogens (tertiary/aromatic N) is 1. The predicted octanol–water partition coefficient (Wildman–Crippen LogP) is 0.519. The Morgan fingerprint density at radius 2 is 2.21 bits per heavy atom. The van der Waals surface area contributed by atoms with Crippen molar-refractivity contribution in [2.24, 2.45) is 0 Å². The second-order valence-corrected chi connectivity index (χ2v) is 3.07. The van der Waals surface area contributed by atoms with Crippen LogP contribution in [-0.2, 0) is 0 Å². The van der Waals surface area contributed by atoms with Gasteiger partial charge in [-0.2, -0.15) is 0 Å². The Bertz CT molecular complexity index is 560. The van der Waals surface area contributed by atoms with Gasteiger partial charge in [-0.05, 0) is 19.1 Å². The van der Waals surface area contributed by atoms with E-state index >= 15 is 0 Å². The van der Waals surface area contributed by atoms with Gasteiger partial charge in [-0.15, -0.1) is 0 Å². The number of anilines is 1. The van der Waals surface area contributed by atoms with Crippen molar-refractivity contribution in [2.45, 2.75) is 6.92 Å². The van der Waals surface area contributed by atoms with Gasteiger partial charge in [0.05, 0.1) is 5.52 Å². The van der Waals surface area contributed by atoms with Crippen LogP contribution in [0.4, 0.5) is 5.69 Å². The smallest absolute Gasteiger partial charge is 0.275 e. The van der Waals surface area contributed by atoms with Crippen LogP contribution in [0, 0.1) is 6.92 Å².